The van der Waals surface area contributed by atoms with Crippen molar-refractivity contribution < 1.29 is 19.2 Å². The van der Waals surface area contributed by atoms with Crippen molar-refractivity contribution in [1.82, 2.24) is 5.32 Å². The number of ether oxygens (including phenoxy) is 2. The molecule has 0 bridgehead atoms. The summed E-state index contributed by atoms with van der Waals surface area (Å²) in [5, 5.41) is 21.4. The lowest BCUT2D eigenvalue weighted by molar-refractivity contribution is -0.385. The Balaban J connectivity index is 1.87. The maximum Gasteiger partial charge on any atom is 0.282 e. The SMILES string of the molecule is O=C1CS/C(=N\N=C/c2cc3c(cc2[N+](=O)[O-])OCO3)N1. The number of thioether (sulfide) groups is 1. The van der Waals surface area contributed by atoms with Crippen molar-refractivity contribution in [1.29, 1.82) is 0 Å². The maximum absolute atomic E-state index is 11.0. The molecule has 0 aliphatic carbocycles. The Morgan fingerprint density at radius 3 is 2.81 bits per heavy atom. The molecule has 1 saturated heterocycles. The molecule has 1 N–H and O–H groups in total. The standard InChI is InChI=1S/C11H8N4O5S/c16-10-4-21-11(13-10)14-12-3-6-1-8-9(20-5-19-8)2-7(6)15(17)18/h1-3H,4-5H2,(H,13,14,16)/b12-3-. The number of carbonyl (C=O) groups excluding carboxylic acids is 1. The van der Waals surface area contributed by atoms with Crippen LogP contribution in [0.2, 0.25) is 0 Å². The zero-order valence-electron chi connectivity index (χ0n) is 10.4. The van der Waals surface area contributed by atoms with Gasteiger partial charge < -0.3 is 14.8 Å². The number of benzene rings is 1. The van der Waals surface area contributed by atoms with Crippen molar-refractivity contribution in [2.24, 2.45) is 10.2 Å². The van der Waals surface area contributed by atoms with Crippen LogP contribution in [-0.2, 0) is 4.79 Å². The van der Waals surface area contributed by atoms with E-state index in [1.807, 2.05) is 0 Å². The molecule has 1 amide bonds. The van der Waals surface area contributed by atoms with E-state index in [4.69, 9.17) is 9.47 Å². The number of nitro benzene ring substituents is 1. The third kappa shape index (κ3) is 2.79. The van der Waals surface area contributed by atoms with Crippen LogP contribution in [0.25, 0.3) is 0 Å². The Labute approximate surface area is 122 Å². The zero-order valence-corrected chi connectivity index (χ0v) is 11.3. The van der Waals surface area contributed by atoms with Gasteiger partial charge >= 0.3 is 0 Å². The largest absolute Gasteiger partial charge is 0.454 e. The first-order valence-corrected chi connectivity index (χ1v) is 6.74. The predicted molar refractivity (Wildman–Crippen MR) is 74.8 cm³/mol. The Morgan fingerprint density at radius 2 is 2.14 bits per heavy atom. The number of rotatable bonds is 3. The van der Waals surface area contributed by atoms with Gasteiger partial charge in [-0.3, -0.25) is 14.9 Å². The normalized spacial score (nSPS) is 18.5. The highest BCUT2D eigenvalue weighted by Gasteiger charge is 2.22. The summed E-state index contributed by atoms with van der Waals surface area (Å²) in [4.78, 5) is 21.5. The summed E-state index contributed by atoms with van der Waals surface area (Å²) < 4.78 is 10.3. The molecule has 21 heavy (non-hydrogen) atoms. The number of amides is 1. The number of carbonyl (C=O) groups is 1. The monoisotopic (exact) mass is 308 g/mol. The second-order valence-corrected chi connectivity index (χ2v) is 4.97. The zero-order chi connectivity index (χ0) is 14.8. The van der Waals surface area contributed by atoms with Crippen LogP contribution in [0.5, 0.6) is 11.5 Å². The number of nitrogens with zero attached hydrogens (tertiary/aromatic N) is 3. The van der Waals surface area contributed by atoms with Crippen LogP contribution >= 0.6 is 11.8 Å². The molecule has 0 radical (unpaired) electrons. The highest BCUT2D eigenvalue weighted by Crippen LogP contribution is 2.37. The number of nitro groups is 1. The third-order valence-corrected chi connectivity index (χ3v) is 3.51. The molecule has 0 spiro atoms. The maximum atomic E-state index is 11.0. The van der Waals surface area contributed by atoms with Gasteiger partial charge in [-0.2, -0.15) is 5.10 Å². The topological polar surface area (TPSA) is 115 Å². The summed E-state index contributed by atoms with van der Waals surface area (Å²) in [6.45, 7) is 0.0258. The molecule has 1 fully saturated rings. The predicted octanol–water partition coefficient (Wildman–Crippen LogP) is 0.876. The molecule has 0 unspecified atom stereocenters. The first-order valence-electron chi connectivity index (χ1n) is 5.75. The van der Waals surface area contributed by atoms with Crippen LogP contribution in [-0.4, -0.2) is 34.8 Å². The van der Waals surface area contributed by atoms with E-state index in [-0.39, 0.29) is 24.0 Å². The summed E-state index contributed by atoms with van der Waals surface area (Å²) in [5.41, 5.74) is 0.0780. The van der Waals surface area contributed by atoms with Gasteiger partial charge in [0.2, 0.25) is 12.7 Å². The Bertz CT molecular complexity index is 687. The van der Waals surface area contributed by atoms with Crippen LogP contribution in [0.1, 0.15) is 5.56 Å². The average Bonchev–Trinajstić information content (AvgIpc) is 3.06. The van der Waals surface area contributed by atoms with Crippen LogP contribution in [0.3, 0.4) is 0 Å². The van der Waals surface area contributed by atoms with Gasteiger partial charge in [0.1, 0.15) is 0 Å². The Morgan fingerprint density at radius 1 is 1.38 bits per heavy atom. The van der Waals surface area contributed by atoms with Gasteiger partial charge in [0.15, 0.2) is 16.7 Å². The van der Waals surface area contributed by atoms with Gasteiger partial charge in [-0.05, 0) is 6.07 Å². The van der Waals surface area contributed by atoms with E-state index in [9.17, 15) is 14.9 Å². The number of hydrogen-bond donors (Lipinski definition) is 1. The molecule has 2 aliphatic rings. The third-order valence-electron chi connectivity index (χ3n) is 2.65. The smallest absolute Gasteiger partial charge is 0.282 e. The molecule has 2 aliphatic heterocycles. The first kappa shape index (κ1) is 13.4. The van der Waals surface area contributed by atoms with Crippen LogP contribution in [0.15, 0.2) is 22.3 Å². The fourth-order valence-electron chi connectivity index (χ4n) is 1.73. The van der Waals surface area contributed by atoms with E-state index in [0.29, 0.717) is 22.4 Å². The molecule has 1 aromatic carbocycles. The van der Waals surface area contributed by atoms with Crippen molar-refractivity contribution in [2.45, 2.75) is 0 Å². The van der Waals surface area contributed by atoms with Crippen molar-refractivity contribution in [3.8, 4) is 11.5 Å². The average molecular weight is 308 g/mol. The van der Waals surface area contributed by atoms with E-state index in [1.54, 1.807) is 0 Å². The van der Waals surface area contributed by atoms with Crippen LogP contribution in [0.4, 0.5) is 5.69 Å². The number of nitrogens with one attached hydrogen (secondary N) is 1. The van der Waals surface area contributed by atoms with E-state index in [2.05, 4.69) is 15.5 Å². The summed E-state index contributed by atoms with van der Waals surface area (Å²) in [6.07, 6.45) is 1.23. The number of fused-ring (bicyclic) bond motifs is 1. The Kier molecular flexibility index (Phi) is 3.44. The van der Waals surface area contributed by atoms with Gasteiger partial charge in [0.25, 0.3) is 5.69 Å². The highest BCUT2D eigenvalue weighted by atomic mass is 32.2. The van der Waals surface area contributed by atoms with Gasteiger partial charge in [0, 0.05) is 0 Å². The molecule has 3 rings (SSSR count). The van der Waals surface area contributed by atoms with Crippen molar-refractivity contribution in [2.75, 3.05) is 12.5 Å². The Hall–Kier alpha value is -2.62. The highest BCUT2D eigenvalue weighted by molar-refractivity contribution is 8.15. The van der Waals surface area contributed by atoms with Gasteiger partial charge in [0.05, 0.1) is 28.5 Å². The van der Waals surface area contributed by atoms with E-state index < -0.39 is 4.92 Å². The minimum Gasteiger partial charge on any atom is -0.454 e. The van der Waals surface area contributed by atoms with E-state index in [0.717, 1.165) is 0 Å². The lowest BCUT2D eigenvalue weighted by Gasteiger charge is -1.99. The van der Waals surface area contributed by atoms with Gasteiger partial charge in [-0.25, -0.2) is 0 Å². The van der Waals surface area contributed by atoms with Crippen molar-refractivity contribution in [3.63, 3.8) is 0 Å². The number of amidine groups is 1. The summed E-state index contributed by atoms with van der Waals surface area (Å²) in [7, 11) is 0. The molecule has 1 aromatic rings. The van der Waals surface area contributed by atoms with Crippen LogP contribution in [0, 0.1) is 10.1 Å². The lowest BCUT2D eigenvalue weighted by Crippen LogP contribution is -2.19. The molecule has 9 nitrogen and oxygen atoms in total. The molecule has 2 heterocycles. The second-order valence-electron chi connectivity index (χ2n) is 4.01. The second kappa shape index (κ2) is 5.40. The fourth-order valence-corrected chi connectivity index (χ4v) is 2.36. The minimum absolute atomic E-state index is 0.0258. The molecule has 0 atom stereocenters. The molecular weight excluding hydrogens is 300 g/mol. The quantitative estimate of drug-likeness (QED) is 0.503. The molecular formula is C11H8N4O5S. The van der Waals surface area contributed by atoms with E-state index >= 15 is 0 Å². The summed E-state index contributed by atoms with van der Waals surface area (Å²) >= 11 is 1.21. The summed E-state index contributed by atoms with van der Waals surface area (Å²) in [6, 6.07) is 2.74. The van der Waals surface area contributed by atoms with Crippen LogP contribution < -0.4 is 14.8 Å². The van der Waals surface area contributed by atoms with Gasteiger partial charge in [-0.15, -0.1) is 5.10 Å². The van der Waals surface area contributed by atoms with Crippen molar-refractivity contribution in [3.05, 3.63) is 27.8 Å². The van der Waals surface area contributed by atoms with Gasteiger partial charge in [-0.1, -0.05) is 11.8 Å². The molecule has 10 heteroatoms. The molecule has 0 saturated carbocycles. The fraction of sp³-hybridized carbons (Fsp3) is 0.182. The minimum atomic E-state index is -0.539. The molecule has 0 aromatic heterocycles. The van der Waals surface area contributed by atoms with Crippen molar-refractivity contribution >= 4 is 34.7 Å². The van der Waals surface area contributed by atoms with E-state index in [1.165, 1.54) is 30.1 Å². The molecule has 108 valence electrons. The first-order chi connectivity index (χ1) is 10.1. The summed E-state index contributed by atoms with van der Waals surface area (Å²) in [5.74, 6) is 0.878. The number of hydrogen-bond acceptors (Lipinski definition) is 8. The lowest BCUT2D eigenvalue weighted by atomic mass is 10.1.